The van der Waals surface area contributed by atoms with Gasteiger partial charge in [0.1, 0.15) is 5.82 Å². The highest BCUT2D eigenvalue weighted by molar-refractivity contribution is 7.71. The average molecular weight is 225 g/mol. The minimum Gasteiger partial charge on any atom is -0.283 e. The molecule has 15 heavy (non-hydrogen) atoms. The van der Waals surface area contributed by atoms with Crippen molar-refractivity contribution >= 4 is 12.2 Å². The van der Waals surface area contributed by atoms with Gasteiger partial charge in [-0.3, -0.25) is 9.78 Å². The molecule has 0 unspecified atom stereocenters. The SMILES string of the molecule is Cn1[nH]c(CC2CCCCCC2)nc1=S. The van der Waals surface area contributed by atoms with E-state index >= 15 is 0 Å². The standard InChI is InChI=1S/C11H19N3S/c1-14-11(15)12-10(13-14)8-9-6-4-2-3-5-7-9/h9H,2-8H2,1H3,(H,12,13,15). The molecule has 1 aliphatic carbocycles. The van der Waals surface area contributed by atoms with E-state index in [0.29, 0.717) is 4.77 Å². The van der Waals surface area contributed by atoms with Crippen molar-refractivity contribution in [2.45, 2.75) is 44.9 Å². The Morgan fingerprint density at radius 3 is 2.53 bits per heavy atom. The summed E-state index contributed by atoms with van der Waals surface area (Å²) in [5, 5.41) is 3.21. The quantitative estimate of drug-likeness (QED) is 0.620. The van der Waals surface area contributed by atoms with E-state index < -0.39 is 0 Å². The van der Waals surface area contributed by atoms with Gasteiger partial charge >= 0.3 is 0 Å². The first-order chi connectivity index (χ1) is 7.25. The van der Waals surface area contributed by atoms with E-state index in [9.17, 15) is 0 Å². The fourth-order valence-electron chi connectivity index (χ4n) is 2.39. The number of H-pyrrole nitrogens is 1. The minimum absolute atomic E-state index is 0.665. The zero-order valence-corrected chi connectivity index (χ0v) is 10.1. The minimum atomic E-state index is 0.665. The Hall–Kier alpha value is -0.640. The highest BCUT2D eigenvalue weighted by Crippen LogP contribution is 2.24. The van der Waals surface area contributed by atoms with Crippen molar-refractivity contribution in [2.24, 2.45) is 13.0 Å². The van der Waals surface area contributed by atoms with Crippen molar-refractivity contribution in [1.29, 1.82) is 0 Å². The van der Waals surface area contributed by atoms with Crippen LogP contribution in [0.3, 0.4) is 0 Å². The largest absolute Gasteiger partial charge is 0.283 e. The third-order valence-electron chi connectivity index (χ3n) is 3.27. The second-order valence-electron chi connectivity index (χ2n) is 4.57. The molecule has 1 aliphatic rings. The first-order valence-electron chi connectivity index (χ1n) is 5.87. The Labute approximate surface area is 95.9 Å². The monoisotopic (exact) mass is 225 g/mol. The maximum atomic E-state index is 5.09. The number of nitrogens with one attached hydrogen (secondary N) is 1. The highest BCUT2D eigenvalue weighted by Gasteiger charge is 2.14. The van der Waals surface area contributed by atoms with E-state index in [1.54, 1.807) is 0 Å². The Morgan fingerprint density at radius 1 is 1.33 bits per heavy atom. The van der Waals surface area contributed by atoms with Crippen LogP contribution in [0.4, 0.5) is 0 Å². The van der Waals surface area contributed by atoms with E-state index in [2.05, 4.69) is 10.1 Å². The molecule has 1 heterocycles. The van der Waals surface area contributed by atoms with Gasteiger partial charge in [0.05, 0.1) is 0 Å². The van der Waals surface area contributed by atoms with Crippen LogP contribution in [0.2, 0.25) is 0 Å². The molecule has 2 rings (SSSR count). The summed E-state index contributed by atoms with van der Waals surface area (Å²) in [6.45, 7) is 0. The van der Waals surface area contributed by atoms with Crippen molar-refractivity contribution in [2.75, 3.05) is 0 Å². The fraction of sp³-hybridized carbons (Fsp3) is 0.818. The number of hydrogen-bond donors (Lipinski definition) is 1. The number of hydrogen-bond acceptors (Lipinski definition) is 2. The van der Waals surface area contributed by atoms with E-state index in [4.69, 9.17) is 12.2 Å². The number of aromatic nitrogens is 3. The van der Waals surface area contributed by atoms with Gasteiger partial charge in [0, 0.05) is 13.5 Å². The lowest BCUT2D eigenvalue weighted by atomic mass is 9.96. The summed E-state index contributed by atoms with van der Waals surface area (Å²) in [7, 11) is 1.92. The molecule has 0 aromatic carbocycles. The van der Waals surface area contributed by atoms with Crippen LogP contribution in [-0.4, -0.2) is 14.8 Å². The zero-order chi connectivity index (χ0) is 10.7. The summed E-state index contributed by atoms with van der Waals surface area (Å²) in [5.74, 6) is 1.88. The van der Waals surface area contributed by atoms with Gasteiger partial charge in [-0.2, -0.15) is 0 Å². The Balaban J connectivity index is 1.97. The molecular formula is C11H19N3S. The average Bonchev–Trinajstić information content (AvgIpc) is 2.45. The van der Waals surface area contributed by atoms with Crippen LogP contribution in [0.5, 0.6) is 0 Å². The maximum absolute atomic E-state index is 5.09. The number of aromatic amines is 1. The van der Waals surface area contributed by atoms with Gasteiger partial charge in [-0.25, -0.2) is 4.98 Å². The predicted octanol–water partition coefficient (Wildman–Crippen LogP) is 2.99. The molecule has 4 heteroatoms. The molecule has 1 N–H and O–H groups in total. The molecule has 0 spiro atoms. The van der Waals surface area contributed by atoms with Gasteiger partial charge < -0.3 is 0 Å². The van der Waals surface area contributed by atoms with Crippen LogP contribution >= 0.6 is 12.2 Å². The highest BCUT2D eigenvalue weighted by atomic mass is 32.1. The van der Waals surface area contributed by atoms with Gasteiger partial charge in [0.25, 0.3) is 0 Å². The summed E-state index contributed by atoms with van der Waals surface area (Å²) in [6, 6.07) is 0. The van der Waals surface area contributed by atoms with E-state index in [0.717, 1.165) is 18.2 Å². The first kappa shape index (κ1) is 10.9. The number of aryl methyl sites for hydroxylation is 1. The second kappa shape index (κ2) is 4.92. The lowest BCUT2D eigenvalue weighted by Gasteiger charge is -2.11. The lowest BCUT2D eigenvalue weighted by molar-refractivity contribution is 0.447. The number of rotatable bonds is 2. The molecule has 1 saturated carbocycles. The molecular weight excluding hydrogens is 206 g/mol. The van der Waals surface area contributed by atoms with Crippen LogP contribution in [0.15, 0.2) is 0 Å². The molecule has 1 aromatic heterocycles. The first-order valence-corrected chi connectivity index (χ1v) is 6.28. The molecule has 1 fully saturated rings. The van der Waals surface area contributed by atoms with Crippen LogP contribution in [0.25, 0.3) is 0 Å². The molecule has 0 aliphatic heterocycles. The van der Waals surface area contributed by atoms with Crippen LogP contribution < -0.4 is 0 Å². The fourth-order valence-corrected chi connectivity index (χ4v) is 2.55. The van der Waals surface area contributed by atoms with Crippen LogP contribution in [0, 0.1) is 10.7 Å². The van der Waals surface area contributed by atoms with Gasteiger partial charge in [-0.1, -0.05) is 38.5 Å². The van der Waals surface area contributed by atoms with Crippen molar-refractivity contribution in [3.63, 3.8) is 0 Å². The molecule has 1 aromatic rings. The van der Waals surface area contributed by atoms with Crippen molar-refractivity contribution < 1.29 is 0 Å². The molecule has 0 radical (unpaired) electrons. The Bertz CT molecular complexity index is 358. The van der Waals surface area contributed by atoms with Gasteiger partial charge in [0.2, 0.25) is 4.77 Å². The van der Waals surface area contributed by atoms with Gasteiger partial charge in [0.15, 0.2) is 0 Å². The number of nitrogens with zero attached hydrogens (tertiary/aromatic N) is 2. The van der Waals surface area contributed by atoms with E-state index in [-0.39, 0.29) is 0 Å². The maximum Gasteiger partial charge on any atom is 0.215 e. The molecule has 84 valence electrons. The molecule has 0 bridgehead atoms. The summed E-state index contributed by atoms with van der Waals surface area (Å²) >= 11 is 5.09. The third-order valence-corrected chi connectivity index (χ3v) is 3.64. The summed E-state index contributed by atoms with van der Waals surface area (Å²) in [4.78, 5) is 4.36. The molecule has 3 nitrogen and oxygen atoms in total. The van der Waals surface area contributed by atoms with Crippen LogP contribution in [-0.2, 0) is 13.5 Å². The van der Waals surface area contributed by atoms with Crippen molar-refractivity contribution in [3.8, 4) is 0 Å². The normalized spacial score (nSPS) is 19.0. The Kier molecular flexibility index (Phi) is 3.57. The van der Waals surface area contributed by atoms with Crippen LogP contribution in [0.1, 0.15) is 44.3 Å². The molecule has 0 amide bonds. The van der Waals surface area contributed by atoms with E-state index in [1.165, 1.54) is 38.5 Å². The topological polar surface area (TPSA) is 33.6 Å². The summed E-state index contributed by atoms with van der Waals surface area (Å²) in [5.41, 5.74) is 0. The smallest absolute Gasteiger partial charge is 0.215 e. The Morgan fingerprint density at radius 2 is 2.00 bits per heavy atom. The van der Waals surface area contributed by atoms with Crippen molar-refractivity contribution in [3.05, 3.63) is 10.6 Å². The summed E-state index contributed by atoms with van der Waals surface area (Å²) in [6.07, 6.45) is 9.39. The predicted molar refractivity (Wildman–Crippen MR) is 63.3 cm³/mol. The molecule has 0 atom stereocenters. The molecule has 0 saturated heterocycles. The van der Waals surface area contributed by atoms with Gasteiger partial charge in [-0.15, -0.1) is 0 Å². The second-order valence-corrected chi connectivity index (χ2v) is 4.94. The zero-order valence-electron chi connectivity index (χ0n) is 9.33. The lowest BCUT2D eigenvalue weighted by Crippen LogP contribution is -2.05. The van der Waals surface area contributed by atoms with Crippen molar-refractivity contribution in [1.82, 2.24) is 14.8 Å². The third kappa shape index (κ3) is 2.91. The van der Waals surface area contributed by atoms with E-state index in [1.807, 2.05) is 11.7 Å². The van der Waals surface area contributed by atoms with Gasteiger partial charge in [-0.05, 0) is 18.1 Å². The summed E-state index contributed by atoms with van der Waals surface area (Å²) < 4.78 is 2.49.